The van der Waals surface area contributed by atoms with Crippen LogP contribution in [0.15, 0.2) is 41.4 Å². The summed E-state index contributed by atoms with van der Waals surface area (Å²) in [6.45, 7) is 4.71. The number of hydrogen-bond acceptors (Lipinski definition) is 5. The second-order valence-corrected chi connectivity index (χ2v) is 7.20. The highest BCUT2D eigenvalue weighted by Gasteiger charge is 2.29. The fraction of sp³-hybridized carbons (Fsp3) is 0.409. The molecule has 0 atom stereocenters. The molecule has 27 heavy (non-hydrogen) atoms. The molecule has 0 radical (unpaired) electrons. The van der Waals surface area contributed by atoms with Crippen LogP contribution in [0, 0.1) is 0 Å². The molecule has 0 amide bonds. The SMILES string of the molecule is COc1cccc(CCc2c(C3=NC(C)(C)CO3)ccc(OC)c2OC)c1. The van der Waals surface area contributed by atoms with Gasteiger partial charge in [-0.25, -0.2) is 4.99 Å². The molecular weight excluding hydrogens is 342 g/mol. The van der Waals surface area contributed by atoms with E-state index in [1.54, 1.807) is 21.3 Å². The molecule has 0 N–H and O–H groups in total. The van der Waals surface area contributed by atoms with Crippen molar-refractivity contribution in [1.82, 2.24) is 0 Å². The third-order valence-corrected chi connectivity index (χ3v) is 4.64. The number of benzene rings is 2. The van der Waals surface area contributed by atoms with Gasteiger partial charge in [0.15, 0.2) is 11.5 Å². The molecule has 1 aliphatic heterocycles. The zero-order valence-electron chi connectivity index (χ0n) is 16.7. The highest BCUT2D eigenvalue weighted by Crippen LogP contribution is 2.36. The molecule has 1 heterocycles. The molecule has 2 aromatic carbocycles. The summed E-state index contributed by atoms with van der Waals surface area (Å²) in [6, 6.07) is 12.0. The third-order valence-electron chi connectivity index (χ3n) is 4.64. The van der Waals surface area contributed by atoms with Crippen molar-refractivity contribution < 1.29 is 18.9 Å². The van der Waals surface area contributed by atoms with Crippen LogP contribution in [0.5, 0.6) is 17.2 Å². The largest absolute Gasteiger partial charge is 0.497 e. The Bertz CT molecular complexity index is 842. The van der Waals surface area contributed by atoms with E-state index in [1.807, 2.05) is 24.3 Å². The van der Waals surface area contributed by atoms with Crippen molar-refractivity contribution in [2.75, 3.05) is 27.9 Å². The molecule has 1 aliphatic rings. The Morgan fingerprint density at radius 2 is 1.81 bits per heavy atom. The molecule has 0 fully saturated rings. The van der Waals surface area contributed by atoms with Gasteiger partial charge < -0.3 is 18.9 Å². The van der Waals surface area contributed by atoms with Crippen LogP contribution < -0.4 is 14.2 Å². The van der Waals surface area contributed by atoms with Crippen LogP contribution in [-0.2, 0) is 17.6 Å². The first-order valence-corrected chi connectivity index (χ1v) is 9.07. The Balaban J connectivity index is 1.97. The van der Waals surface area contributed by atoms with Gasteiger partial charge in [0.1, 0.15) is 12.4 Å². The van der Waals surface area contributed by atoms with Gasteiger partial charge in [-0.2, -0.15) is 0 Å². The highest BCUT2D eigenvalue weighted by atomic mass is 16.5. The van der Waals surface area contributed by atoms with Crippen molar-refractivity contribution in [2.24, 2.45) is 4.99 Å². The Hall–Kier alpha value is -2.69. The molecule has 0 saturated heterocycles. The summed E-state index contributed by atoms with van der Waals surface area (Å²) in [7, 11) is 4.99. The second-order valence-electron chi connectivity index (χ2n) is 7.20. The number of ether oxygens (including phenoxy) is 4. The van der Waals surface area contributed by atoms with Gasteiger partial charge >= 0.3 is 0 Å². The monoisotopic (exact) mass is 369 g/mol. The molecule has 0 aromatic heterocycles. The van der Waals surface area contributed by atoms with E-state index in [9.17, 15) is 0 Å². The van der Waals surface area contributed by atoms with Crippen molar-refractivity contribution in [3.8, 4) is 17.2 Å². The fourth-order valence-electron chi connectivity index (χ4n) is 3.26. The lowest BCUT2D eigenvalue weighted by Gasteiger charge is -2.17. The molecule has 0 spiro atoms. The molecule has 2 aromatic rings. The van der Waals surface area contributed by atoms with Gasteiger partial charge in [0.2, 0.25) is 5.90 Å². The average molecular weight is 369 g/mol. The summed E-state index contributed by atoms with van der Waals surface area (Å²) in [6.07, 6.45) is 1.61. The minimum atomic E-state index is -0.216. The van der Waals surface area contributed by atoms with Crippen molar-refractivity contribution >= 4 is 5.90 Å². The summed E-state index contributed by atoms with van der Waals surface area (Å²) in [5, 5.41) is 0. The van der Waals surface area contributed by atoms with Crippen LogP contribution in [-0.4, -0.2) is 39.4 Å². The van der Waals surface area contributed by atoms with Crippen LogP contribution in [0.3, 0.4) is 0 Å². The average Bonchev–Trinajstić information content (AvgIpc) is 3.05. The van der Waals surface area contributed by atoms with E-state index >= 15 is 0 Å². The Labute approximate surface area is 160 Å². The zero-order valence-corrected chi connectivity index (χ0v) is 16.7. The molecule has 5 heteroatoms. The smallest absolute Gasteiger partial charge is 0.217 e. The van der Waals surface area contributed by atoms with Crippen LogP contribution >= 0.6 is 0 Å². The molecule has 0 aliphatic carbocycles. The molecular formula is C22H27NO4. The minimum absolute atomic E-state index is 0.216. The number of aliphatic imine (C=N–C) groups is 1. The predicted octanol–water partition coefficient (Wildman–Crippen LogP) is 4.05. The molecule has 144 valence electrons. The van der Waals surface area contributed by atoms with Gasteiger partial charge in [-0.3, -0.25) is 0 Å². The number of aryl methyl sites for hydroxylation is 1. The normalized spacial score (nSPS) is 15.1. The lowest BCUT2D eigenvalue weighted by atomic mass is 9.97. The predicted molar refractivity (Wildman–Crippen MR) is 107 cm³/mol. The van der Waals surface area contributed by atoms with Gasteiger partial charge in [0, 0.05) is 11.1 Å². The zero-order chi connectivity index (χ0) is 19.4. The summed E-state index contributed by atoms with van der Waals surface area (Å²) < 4.78 is 22.4. The highest BCUT2D eigenvalue weighted by molar-refractivity contribution is 5.98. The number of nitrogens with zero attached hydrogens (tertiary/aromatic N) is 1. The molecule has 0 bridgehead atoms. The van der Waals surface area contributed by atoms with Gasteiger partial charge in [0.05, 0.1) is 26.9 Å². The van der Waals surface area contributed by atoms with Gasteiger partial charge in [-0.1, -0.05) is 12.1 Å². The van der Waals surface area contributed by atoms with Crippen LogP contribution in [0.2, 0.25) is 0 Å². The van der Waals surface area contributed by atoms with Crippen molar-refractivity contribution in [3.63, 3.8) is 0 Å². The van der Waals surface area contributed by atoms with E-state index in [1.165, 1.54) is 5.56 Å². The first-order chi connectivity index (χ1) is 13.0. The van der Waals surface area contributed by atoms with Crippen molar-refractivity contribution in [2.45, 2.75) is 32.2 Å². The van der Waals surface area contributed by atoms with E-state index < -0.39 is 0 Å². The summed E-state index contributed by atoms with van der Waals surface area (Å²) in [4.78, 5) is 4.74. The summed E-state index contributed by atoms with van der Waals surface area (Å²) >= 11 is 0. The minimum Gasteiger partial charge on any atom is -0.497 e. The topological polar surface area (TPSA) is 49.3 Å². The standard InChI is InChI=1S/C22H27NO4/c1-22(2)14-27-21(23-22)18-11-12-19(25-4)20(26-5)17(18)10-9-15-7-6-8-16(13-15)24-3/h6-8,11-13H,9-10,14H2,1-5H3. The van der Waals surface area contributed by atoms with Gasteiger partial charge in [0.25, 0.3) is 0 Å². The maximum absolute atomic E-state index is 5.89. The molecule has 0 unspecified atom stereocenters. The van der Waals surface area contributed by atoms with E-state index in [0.717, 1.165) is 35.5 Å². The quantitative estimate of drug-likeness (QED) is 0.739. The Morgan fingerprint density at radius 1 is 1.00 bits per heavy atom. The van der Waals surface area contributed by atoms with Crippen LogP contribution in [0.1, 0.15) is 30.5 Å². The van der Waals surface area contributed by atoms with Crippen LogP contribution in [0.4, 0.5) is 0 Å². The van der Waals surface area contributed by atoms with Crippen LogP contribution in [0.25, 0.3) is 0 Å². The fourth-order valence-corrected chi connectivity index (χ4v) is 3.26. The maximum atomic E-state index is 5.89. The number of hydrogen-bond donors (Lipinski definition) is 0. The van der Waals surface area contributed by atoms with E-state index in [2.05, 4.69) is 26.0 Å². The Morgan fingerprint density at radius 3 is 2.44 bits per heavy atom. The number of rotatable bonds is 7. The van der Waals surface area contributed by atoms with E-state index in [-0.39, 0.29) is 5.54 Å². The van der Waals surface area contributed by atoms with Crippen molar-refractivity contribution in [3.05, 3.63) is 53.1 Å². The maximum Gasteiger partial charge on any atom is 0.217 e. The number of methoxy groups -OCH3 is 3. The molecule has 0 saturated carbocycles. The van der Waals surface area contributed by atoms with E-state index in [0.29, 0.717) is 18.3 Å². The van der Waals surface area contributed by atoms with E-state index in [4.69, 9.17) is 23.9 Å². The first-order valence-electron chi connectivity index (χ1n) is 9.07. The third kappa shape index (κ3) is 4.18. The Kier molecular flexibility index (Phi) is 5.59. The summed E-state index contributed by atoms with van der Waals surface area (Å²) in [5.41, 5.74) is 2.98. The van der Waals surface area contributed by atoms with Gasteiger partial charge in [-0.15, -0.1) is 0 Å². The van der Waals surface area contributed by atoms with Crippen molar-refractivity contribution in [1.29, 1.82) is 0 Å². The second kappa shape index (κ2) is 7.91. The molecule has 3 rings (SSSR count). The lowest BCUT2D eigenvalue weighted by Crippen LogP contribution is -2.17. The molecule has 5 nitrogen and oxygen atoms in total. The summed E-state index contributed by atoms with van der Waals surface area (Å²) in [5.74, 6) is 2.96. The van der Waals surface area contributed by atoms with Gasteiger partial charge in [-0.05, 0) is 56.5 Å². The first kappa shape index (κ1) is 19.1. The lowest BCUT2D eigenvalue weighted by molar-refractivity contribution is 0.279.